The number of rotatable bonds is 7. The van der Waals surface area contributed by atoms with E-state index in [0.717, 1.165) is 15.8 Å². The van der Waals surface area contributed by atoms with Crippen LogP contribution >= 0.6 is 27.3 Å². The number of hydrogen-bond acceptors (Lipinski definition) is 5. The highest BCUT2D eigenvalue weighted by Crippen LogP contribution is 2.24. The number of amides is 1. The second kappa shape index (κ2) is 9.12. The van der Waals surface area contributed by atoms with E-state index in [1.165, 1.54) is 23.8 Å². The summed E-state index contributed by atoms with van der Waals surface area (Å²) in [6, 6.07) is 13.2. The summed E-state index contributed by atoms with van der Waals surface area (Å²) in [7, 11) is 1.54. The molecule has 1 aromatic heterocycles. The van der Waals surface area contributed by atoms with Crippen molar-refractivity contribution in [2.75, 3.05) is 12.4 Å². The third-order valence-corrected chi connectivity index (χ3v) is 5.57. The molecule has 0 fully saturated rings. The minimum atomic E-state index is -0.205. The summed E-state index contributed by atoms with van der Waals surface area (Å²) >= 11 is 4.88. The van der Waals surface area contributed by atoms with Gasteiger partial charge in [0.1, 0.15) is 5.75 Å². The Kier molecular flexibility index (Phi) is 6.59. The molecule has 0 aliphatic carbocycles. The van der Waals surface area contributed by atoms with E-state index in [-0.39, 0.29) is 18.1 Å². The number of benzene rings is 2. The zero-order valence-corrected chi connectivity index (χ0v) is 17.9. The van der Waals surface area contributed by atoms with E-state index in [0.29, 0.717) is 22.0 Å². The van der Waals surface area contributed by atoms with Crippen LogP contribution in [-0.2, 0) is 17.6 Å². The van der Waals surface area contributed by atoms with Gasteiger partial charge in [0.2, 0.25) is 5.91 Å². The fourth-order valence-electron chi connectivity index (χ4n) is 2.72. The third-order valence-electron chi connectivity index (χ3n) is 4.13. The van der Waals surface area contributed by atoms with Crippen molar-refractivity contribution in [2.24, 2.45) is 0 Å². The highest BCUT2D eigenvalue weighted by Gasteiger charge is 2.13. The van der Waals surface area contributed by atoms with E-state index in [1.807, 2.05) is 12.1 Å². The van der Waals surface area contributed by atoms with Crippen molar-refractivity contribution >= 4 is 44.1 Å². The molecule has 0 unspecified atom stereocenters. The molecule has 144 valence electrons. The number of aromatic nitrogens is 1. The van der Waals surface area contributed by atoms with Gasteiger partial charge >= 0.3 is 0 Å². The average Bonchev–Trinajstić information content (AvgIpc) is 3.10. The van der Waals surface area contributed by atoms with Gasteiger partial charge in [0.15, 0.2) is 10.9 Å². The van der Waals surface area contributed by atoms with Crippen LogP contribution in [0.3, 0.4) is 0 Å². The number of carbonyl (C=O) groups excluding carboxylic acids is 2. The number of nitrogens with one attached hydrogen (secondary N) is 1. The molecule has 0 saturated heterocycles. The van der Waals surface area contributed by atoms with Crippen LogP contribution in [0.5, 0.6) is 5.75 Å². The number of Topliss-reactive ketones (excluding diaryl/α,β-unsaturated/α-hetero) is 1. The maximum absolute atomic E-state index is 12.4. The molecular formula is C21H19BrN2O3S. The monoisotopic (exact) mass is 458 g/mol. The molecule has 0 aliphatic rings. The van der Waals surface area contributed by atoms with Crippen LogP contribution in [0.1, 0.15) is 33.3 Å². The molecule has 1 heterocycles. The molecule has 1 N–H and O–H groups in total. The minimum absolute atomic E-state index is 0.0539. The Hall–Kier alpha value is -2.51. The zero-order valence-electron chi connectivity index (χ0n) is 15.5. The van der Waals surface area contributed by atoms with Gasteiger partial charge in [0.05, 0.1) is 13.5 Å². The fourth-order valence-corrected chi connectivity index (χ4v) is 3.85. The molecule has 3 rings (SSSR count). The first-order valence-electron chi connectivity index (χ1n) is 8.61. The molecule has 0 spiro atoms. The van der Waals surface area contributed by atoms with Gasteiger partial charge in [-0.1, -0.05) is 28.1 Å². The van der Waals surface area contributed by atoms with E-state index in [1.54, 1.807) is 31.5 Å². The molecule has 7 heteroatoms. The number of methoxy groups -OCH3 is 1. The molecule has 1 amide bonds. The maximum atomic E-state index is 12.4. The Labute approximate surface area is 175 Å². The van der Waals surface area contributed by atoms with E-state index >= 15 is 0 Å². The lowest BCUT2D eigenvalue weighted by Crippen LogP contribution is -2.15. The first-order valence-corrected chi connectivity index (χ1v) is 10.2. The molecule has 0 saturated carbocycles. The number of halogens is 1. The summed E-state index contributed by atoms with van der Waals surface area (Å²) in [6.45, 7) is 1.49. The smallest absolute Gasteiger partial charge is 0.230 e. The number of carbonyl (C=O) groups is 2. The van der Waals surface area contributed by atoms with Crippen molar-refractivity contribution in [3.8, 4) is 5.75 Å². The number of nitrogens with zero attached hydrogens (tertiary/aromatic N) is 1. The highest BCUT2D eigenvalue weighted by atomic mass is 79.9. The lowest BCUT2D eigenvalue weighted by molar-refractivity contribution is -0.115. The van der Waals surface area contributed by atoms with Crippen LogP contribution in [0.15, 0.2) is 53.1 Å². The SMILES string of the molecule is COc1ccc(C(C)=O)cc1CC(=O)Nc1ncc(Cc2ccc(Br)cc2)s1. The van der Waals surface area contributed by atoms with Crippen molar-refractivity contribution in [1.82, 2.24) is 4.98 Å². The summed E-state index contributed by atoms with van der Waals surface area (Å²) in [4.78, 5) is 29.4. The standard InChI is InChI=1S/C21H19BrN2O3S/c1-13(25)15-5-8-19(27-2)16(10-15)11-20(26)24-21-23-12-18(28-21)9-14-3-6-17(22)7-4-14/h3-8,10,12H,9,11H2,1-2H3,(H,23,24,26). The predicted octanol–water partition coefficient (Wildman–Crippen LogP) is 4.89. The largest absolute Gasteiger partial charge is 0.496 e. The van der Waals surface area contributed by atoms with E-state index in [4.69, 9.17) is 4.74 Å². The summed E-state index contributed by atoms with van der Waals surface area (Å²) in [5.41, 5.74) is 2.39. The number of ether oxygens (including phenoxy) is 1. The fraction of sp³-hybridized carbons (Fsp3) is 0.190. The number of anilines is 1. The molecule has 0 atom stereocenters. The number of ketones is 1. The van der Waals surface area contributed by atoms with Crippen LogP contribution in [0.2, 0.25) is 0 Å². The first-order chi connectivity index (χ1) is 13.4. The Morgan fingerprint density at radius 2 is 1.93 bits per heavy atom. The molecular weight excluding hydrogens is 440 g/mol. The van der Waals surface area contributed by atoms with Crippen LogP contribution in [0.4, 0.5) is 5.13 Å². The van der Waals surface area contributed by atoms with E-state index < -0.39 is 0 Å². The summed E-state index contributed by atoms with van der Waals surface area (Å²) in [5.74, 6) is 0.320. The van der Waals surface area contributed by atoms with Crippen molar-refractivity contribution in [3.63, 3.8) is 0 Å². The Morgan fingerprint density at radius 3 is 2.61 bits per heavy atom. The Morgan fingerprint density at radius 1 is 1.18 bits per heavy atom. The van der Waals surface area contributed by atoms with E-state index in [2.05, 4.69) is 38.4 Å². The minimum Gasteiger partial charge on any atom is -0.496 e. The van der Waals surface area contributed by atoms with Gasteiger partial charge in [0.25, 0.3) is 0 Å². The molecule has 0 bridgehead atoms. The van der Waals surface area contributed by atoms with Crippen molar-refractivity contribution < 1.29 is 14.3 Å². The second-order valence-electron chi connectivity index (χ2n) is 6.24. The van der Waals surface area contributed by atoms with Crippen LogP contribution < -0.4 is 10.1 Å². The van der Waals surface area contributed by atoms with Gasteiger partial charge in [-0.2, -0.15) is 0 Å². The van der Waals surface area contributed by atoms with Gasteiger partial charge in [-0.25, -0.2) is 4.98 Å². The van der Waals surface area contributed by atoms with E-state index in [9.17, 15) is 9.59 Å². The van der Waals surface area contributed by atoms with Crippen LogP contribution in [0.25, 0.3) is 0 Å². The van der Waals surface area contributed by atoms with Crippen molar-refractivity contribution in [2.45, 2.75) is 19.8 Å². The molecule has 5 nitrogen and oxygen atoms in total. The molecule has 0 radical (unpaired) electrons. The van der Waals surface area contributed by atoms with Gasteiger partial charge in [-0.05, 0) is 42.8 Å². The zero-order chi connectivity index (χ0) is 20.1. The lowest BCUT2D eigenvalue weighted by Gasteiger charge is -2.09. The summed E-state index contributed by atoms with van der Waals surface area (Å²) in [6.07, 6.45) is 2.64. The average molecular weight is 459 g/mol. The van der Waals surface area contributed by atoms with Crippen molar-refractivity contribution in [3.05, 3.63) is 74.7 Å². The maximum Gasteiger partial charge on any atom is 0.230 e. The van der Waals surface area contributed by atoms with Crippen molar-refractivity contribution in [1.29, 1.82) is 0 Å². The Bertz CT molecular complexity index is 999. The Balaban J connectivity index is 1.65. The number of thiazole rings is 1. The van der Waals surface area contributed by atoms with Gasteiger partial charge < -0.3 is 10.1 Å². The first kappa shape index (κ1) is 20.2. The lowest BCUT2D eigenvalue weighted by atomic mass is 10.0. The number of hydrogen-bond donors (Lipinski definition) is 1. The second-order valence-corrected chi connectivity index (χ2v) is 8.27. The molecule has 2 aromatic carbocycles. The third kappa shape index (κ3) is 5.27. The summed E-state index contributed by atoms with van der Waals surface area (Å²) < 4.78 is 6.34. The van der Waals surface area contributed by atoms with Gasteiger partial charge in [-0.15, -0.1) is 11.3 Å². The quantitative estimate of drug-likeness (QED) is 0.511. The van der Waals surface area contributed by atoms with Gasteiger partial charge in [-0.3, -0.25) is 9.59 Å². The van der Waals surface area contributed by atoms with Crippen LogP contribution in [0, 0.1) is 0 Å². The predicted molar refractivity (Wildman–Crippen MR) is 114 cm³/mol. The molecule has 28 heavy (non-hydrogen) atoms. The highest BCUT2D eigenvalue weighted by molar-refractivity contribution is 9.10. The van der Waals surface area contributed by atoms with Gasteiger partial charge in [0, 0.05) is 33.1 Å². The summed E-state index contributed by atoms with van der Waals surface area (Å²) in [5, 5.41) is 3.38. The molecule has 0 aliphatic heterocycles. The van der Waals surface area contributed by atoms with Crippen LogP contribution in [-0.4, -0.2) is 23.8 Å². The molecule has 3 aromatic rings. The normalized spacial score (nSPS) is 10.5. The topological polar surface area (TPSA) is 68.3 Å².